The molecule has 0 aromatic carbocycles. The summed E-state index contributed by atoms with van der Waals surface area (Å²) in [5, 5.41) is 0. The van der Waals surface area contributed by atoms with E-state index in [0.29, 0.717) is 13.2 Å². The molecule has 0 bridgehead atoms. The number of piperidine rings is 1. The van der Waals surface area contributed by atoms with Crippen LogP contribution in [0.4, 0.5) is 0 Å². The number of nitrogens with two attached hydrogens (primary N) is 1. The number of hydrogen-bond acceptors (Lipinski definition) is 4. The van der Waals surface area contributed by atoms with Crippen molar-refractivity contribution in [2.75, 3.05) is 25.5 Å². The Morgan fingerprint density at radius 3 is 2.80 bits per heavy atom. The molecule has 15 heavy (non-hydrogen) atoms. The fourth-order valence-electron chi connectivity index (χ4n) is 1.70. The van der Waals surface area contributed by atoms with Crippen LogP contribution in [0.15, 0.2) is 0 Å². The van der Waals surface area contributed by atoms with E-state index < -0.39 is 10.0 Å². The van der Waals surface area contributed by atoms with Crippen LogP contribution in [0.1, 0.15) is 26.2 Å². The van der Waals surface area contributed by atoms with Crippen molar-refractivity contribution in [3.8, 4) is 0 Å². The van der Waals surface area contributed by atoms with Gasteiger partial charge in [0.25, 0.3) is 0 Å². The van der Waals surface area contributed by atoms with Gasteiger partial charge in [-0.05, 0) is 26.2 Å². The quantitative estimate of drug-likeness (QED) is 0.688. The Morgan fingerprint density at radius 1 is 1.47 bits per heavy atom. The summed E-state index contributed by atoms with van der Waals surface area (Å²) in [5.41, 5.74) is 5.78. The standard InChI is InChI=1S/C9H20N2O3S/c1-2-14-7-8-15(12,13)11-6-4-3-5-9(11)10/h9H,2-8,10H2,1H3. The fraction of sp³-hybridized carbons (Fsp3) is 1.00. The number of rotatable bonds is 5. The van der Waals surface area contributed by atoms with E-state index >= 15 is 0 Å². The number of sulfonamides is 1. The summed E-state index contributed by atoms with van der Waals surface area (Å²) < 4.78 is 30.1. The lowest BCUT2D eigenvalue weighted by molar-refractivity contribution is 0.161. The summed E-state index contributed by atoms with van der Waals surface area (Å²) in [6.45, 7) is 3.19. The van der Waals surface area contributed by atoms with Crippen molar-refractivity contribution >= 4 is 10.0 Å². The van der Waals surface area contributed by atoms with Gasteiger partial charge < -0.3 is 10.5 Å². The highest BCUT2D eigenvalue weighted by Crippen LogP contribution is 2.17. The van der Waals surface area contributed by atoms with E-state index in [9.17, 15) is 8.42 Å². The van der Waals surface area contributed by atoms with Crippen LogP contribution in [0.25, 0.3) is 0 Å². The minimum atomic E-state index is -3.22. The molecule has 0 spiro atoms. The highest BCUT2D eigenvalue weighted by Gasteiger charge is 2.29. The molecule has 1 saturated heterocycles. The van der Waals surface area contributed by atoms with Crippen LogP contribution in [0, 0.1) is 0 Å². The van der Waals surface area contributed by atoms with E-state index in [-0.39, 0.29) is 18.5 Å². The monoisotopic (exact) mass is 236 g/mol. The van der Waals surface area contributed by atoms with Gasteiger partial charge in [-0.3, -0.25) is 0 Å². The molecular weight excluding hydrogens is 216 g/mol. The van der Waals surface area contributed by atoms with E-state index in [2.05, 4.69) is 0 Å². The molecule has 5 nitrogen and oxygen atoms in total. The van der Waals surface area contributed by atoms with Crippen LogP contribution in [-0.4, -0.2) is 44.4 Å². The summed E-state index contributed by atoms with van der Waals surface area (Å²) in [6, 6.07) is 0. The van der Waals surface area contributed by atoms with Crippen LogP contribution in [0.2, 0.25) is 0 Å². The largest absolute Gasteiger partial charge is 0.381 e. The lowest BCUT2D eigenvalue weighted by Gasteiger charge is -2.31. The topological polar surface area (TPSA) is 72.6 Å². The van der Waals surface area contributed by atoms with E-state index in [1.165, 1.54) is 4.31 Å². The van der Waals surface area contributed by atoms with Gasteiger partial charge in [0.1, 0.15) is 0 Å². The van der Waals surface area contributed by atoms with Crippen molar-refractivity contribution < 1.29 is 13.2 Å². The molecule has 1 aliphatic heterocycles. The van der Waals surface area contributed by atoms with Crippen molar-refractivity contribution in [1.29, 1.82) is 0 Å². The smallest absolute Gasteiger partial charge is 0.217 e. The first kappa shape index (κ1) is 12.9. The average Bonchev–Trinajstić information content (AvgIpc) is 2.18. The fourth-order valence-corrected chi connectivity index (χ4v) is 3.19. The van der Waals surface area contributed by atoms with Gasteiger partial charge in [-0.2, -0.15) is 4.31 Å². The Balaban J connectivity index is 2.51. The Labute approximate surface area is 91.6 Å². The first-order chi connectivity index (χ1) is 7.08. The van der Waals surface area contributed by atoms with Gasteiger partial charge in [-0.1, -0.05) is 0 Å². The maximum atomic E-state index is 11.8. The molecule has 0 saturated carbocycles. The van der Waals surface area contributed by atoms with Crippen molar-refractivity contribution in [2.24, 2.45) is 5.73 Å². The molecule has 0 aromatic heterocycles. The molecule has 1 heterocycles. The van der Waals surface area contributed by atoms with Crippen LogP contribution in [0.3, 0.4) is 0 Å². The molecule has 0 aliphatic carbocycles. The third-order valence-electron chi connectivity index (χ3n) is 2.55. The van der Waals surface area contributed by atoms with Gasteiger partial charge in [0.05, 0.1) is 18.5 Å². The predicted octanol–water partition coefficient (Wildman–Crippen LogP) is 0.123. The molecular formula is C9H20N2O3S. The van der Waals surface area contributed by atoms with Crippen LogP contribution in [0.5, 0.6) is 0 Å². The summed E-state index contributed by atoms with van der Waals surface area (Å²) >= 11 is 0. The molecule has 90 valence electrons. The highest BCUT2D eigenvalue weighted by molar-refractivity contribution is 7.89. The van der Waals surface area contributed by atoms with Crippen molar-refractivity contribution in [1.82, 2.24) is 4.31 Å². The minimum absolute atomic E-state index is 0.0362. The Morgan fingerprint density at radius 2 is 2.20 bits per heavy atom. The van der Waals surface area contributed by atoms with Gasteiger partial charge in [-0.25, -0.2) is 8.42 Å². The highest BCUT2D eigenvalue weighted by atomic mass is 32.2. The van der Waals surface area contributed by atoms with Gasteiger partial charge in [0.2, 0.25) is 10.0 Å². The van der Waals surface area contributed by atoms with Crippen molar-refractivity contribution in [2.45, 2.75) is 32.4 Å². The lowest BCUT2D eigenvalue weighted by Crippen LogP contribution is -2.49. The second-order valence-electron chi connectivity index (χ2n) is 3.69. The van der Waals surface area contributed by atoms with Crippen molar-refractivity contribution in [3.05, 3.63) is 0 Å². The molecule has 1 atom stereocenters. The van der Waals surface area contributed by atoms with Gasteiger partial charge in [0.15, 0.2) is 0 Å². The van der Waals surface area contributed by atoms with Crippen LogP contribution >= 0.6 is 0 Å². The average molecular weight is 236 g/mol. The van der Waals surface area contributed by atoms with Gasteiger partial charge in [0, 0.05) is 13.2 Å². The van der Waals surface area contributed by atoms with Gasteiger partial charge in [-0.15, -0.1) is 0 Å². The van der Waals surface area contributed by atoms with Crippen molar-refractivity contribution in [3.63, 3.8) is 0 Å². The summed E-state index contributed by atoms with van der Waals surface area (Å²) in [4.78, 5) is 0. The Bertz CT molecular complexity index is 279. The predicted molar refractivity (Wildman–Crippen MR) is 58.8 cm³/mol. The molecule has 6 heteroatoms. The maximum Gasteiger partial charge on any atom is 0.217 e. The zero-order chi connectivity index (χ0) is 11.3. The SMILES string of the molecule is CCOCCS(=O)(=O)N1CCCCC1N. The van der Waals surface area contributed by atoms with Crippen LogP contribution in [-0.2, 0) is 14.8 Å². The third kappa shape index (κ3) is 3.71. The molecule has 1 rings (SSSR count). The normalized spacial score (nSPS) is 24.3. The second-order valence-corrected chi connectivity index (χ2v) is 5.73. The second kappa shape index (κ2) is 5.79. The lowest BCUT2D eigenvalue weighted by atomic mass is 10.1. The third-order valence-corrected chi connectivity index (χ3v) is 4.40. The van der Waals surface area contributed by atoms with E-state index in [1.54, 1.807) is 0 Å². The minimum Gasteiger partial charge on any atom is -0.381 e. The summed E-state index contributed by atoms with van der Waals surface area (Å²) in [5.74, 6) is 0.0362. The summed E-state index contributed by atoms with van der Waals surface area (Å²) in [7, 11) is -3.22. The number of nitrogens with zero attached hydrogens (tertiary/aromatic N) is 1. The first-order valence-electron chi connectivity index (χ1n) is 5.41. The zero-order valence-electron chi connectivity index (χ0n) is 9.18. The van der Waals surface area contributed by atoms with Gasteiger partial charge >= 0.3 is 0 Å². The zero-order valence-corrected chi connectivity index (χ0v) is 10.0. The molecule has 1 aliphatic rings. The molecule has 1 unspecified atom stereocenters. The Kier molecular flexibility index (Phi) is 4.98. The maximum absolute atomic E-state index is 11.8. The Hall–Kier alpha value is -0.170. The molecule has 0 amide bonds. The van der Waals surface area contributed by atoms with E-state index in [0.717, 1.165) is 19.3 Å². The number of ether oxygens (including phenoxy) is 1. The molecule has 0 aromatic rings. The van der Waals surface area contributed by atoms with E-state index in [4.69, 9.17) is 10.5 Å². The van der Waals surface area contributed by atoms with E-state index in [1.807, 2.05) is 6.92 Å². The number of hydrogen-bond donors (Lipinski definition) is 1. The van der Waals surface area contributed by atoms with Crippen LogP contribution < -0.4 is 5.73 Å². The summed E-state index contributed by atoms with van der Waals surface area (Å²) in [6.07, 6.45) is 2.33. The molecule has 2 N–H and O–H groups in total. The first-order valence-corrected chi connectivity index (χ1v) is 7.01. The molecule has 0 radical (unpaired) electrons. The molecule has 1 fully saturated rings.